The van der Waals surface area contributed by atoms with Gasteiger partial charge < -0.3 is 25.7 Å². The first kappa shape index (κ1) is 31.2. The molecule has 2 aromatic rings. The normalized spacial score (nSPS) is 18.9. The standard InChI is InChI=1S/C28H39N5O6S/c1-16(18-7-9-19(10-8-18)24-17(2)29-15-40-24)30-26(38)21-11-20(34)12-33(21)27(39)25(28(3,4)5)31-22(35)13-32(6)14-23(36)37/h7-10,15-16,20-21,25,34H,11-14H2,1-6H3,(H,30,38)(H,31,35)(H,36,37)/t16?,20-,21+,25?/m1/s1. The van der Waals surface area contributed by atoms with Gasteiger partial charge in [-0.2, -0.15) is 0 Å². The third kappa shape index (κ3) is 7.86. The van der Waals surface area contributed by atoms with Crippen LogP contribution in [0, 0.1) is 12.3 Å². The third-order valence-corrected chi connectivity index (χ3v) is 7.86. The van der Waals surface area contributed by atoms with Gasteiger partial charge >= 0.3 is 5.97 Å². The van der Waals surface area contributed by atoms with Crippen LogP contribution in [0.1, 0.15) is 51.4 Å². The van der Waals surface area contributed by atoms with Crippen molar-refractivity contribution in [3.05, 3.63) is 41.0 Å². The summed E-state index contributed by atoms with van der Waals surface area (Å²) in [6, 6.07) is 5.62. The zero-order valence-corrected chi connectivity index (χ0v) is 24.6. The fraction of sp³-hybridized carbons (Fsp3) is 0.536. The molecule has 0 spiro atoms. The van der Waals surface area contributed by atoms with E-state index in [1.165, 1.54) is 16.8 Å². The van der Waals surface area contributed by atoms with Crippen molar-refractivity contribution in [3.8, 4) is 10.4 Å². The minimum atomic E-state index is -1.07. The van der Waals surface area contributed by atoms with Gasteiger partial charge in [0.2, 0.25) is 17.7 Å². The highest BCUT2D eigenvalue weighted by Crippen LogP contribution is 2.29. The molecule has 2 heterocycles. The summed E-state index contributed by atoms with van der Waals surface area (Å²) in [5, 5.41) is 25.0. The SMILES string of the molecule is Cc1ncsc1-c1ccc(C(C)NC(=O)[C@@H]2C[C@@H](O)CN2C(=O)C(NC(=O)CN(C)CC(=O)O)C(C)(C)C)cc1. The maximum absolute atomic E-state index is 13.7. The number of β-amino-alcohol motifs (C(OH)–C–C–N with tert-alkyl or cyclic N) is 1. The van der Waals surface area contributed by atoms with Crippen LogP contribution in [0.3, 0.4) is 0 Å². The first-order valence-electron chi connectivity index (χ1n) is 13.2. The summed E-state index contributed by atoms with van der Waals surface area (Å²) in [4.78, 5) is 58.7. The number of aromatic nitrogens is 1. The highest BCUT2D eigenvalue weighted by molar-refractivity contribution is 7.13. The van der Waals surface area contributed by atoms with E-state index < -0.39 is 41.4 Å². The number of aliphatic hydroxyl groups is 1. The summed E-state index contributed by atoms with van der Waals surface area (Å²) in [5.74, 6) is -2.45. The summed E-state index contributed by atoms with van der Waals surface area (Å²) in [6.07, 6.45) is -0.796. The number of nitrogens with one attached hydrogen (secondary N) is 2. The lowest BCUT2D eigenvalue weighted by Gasteiger charge is -2.35. The molecular formula is C28H39N5O6S. The van der Waals surface area contributed by atoms with Crippen LogP contribution < -0.4 is 10.6 Å². The van der Waals surface area contributed by atoms with Gasteiger partial charge in [0.15, 0.2) is 0 Å². The van der Waals surface area contributed by atoms with E-state index in [0.29, 0.717) is 0 Å². The summed E-state index contributed by atoms with van der Waals surface area (Å²) in [6.45, 7) is 8.61. The predicted molar refractivity (Wildman–Crippen MR) is 151 cm³/mol. The van der Waals surface area contributed by atoms with E-state index >= 15 is 0 Å². The zero-order chi connectivity index (χ0) is 29.8. The molecular weight excluding hydrogens is 534 g/mol. The number of hydrogen-bond acceptors (Lipinski definition) is 8. The Morgan fingerprint density at radius 2 is 1.80 bits per heavy atom. The van der Waals surface area contributed by atoms with E-state index in [-0.39, 0.29) is 38.0 Å². The predicted octanol–water partition coefficient (Wildman–Crippen LogP) is 1.80. The number of thiazole rings is 1. The van der Waals surface area contributed by atoms with E-state index in [0.717, 1.165) is 21.7 Å². The second-order valence-corrected chi connectivity index (χ2v) is 12.3. The number of carboxylic acids is 1. The van der Waals surface area contributed by atoms with Gasteiger partial charge in [-0.05, 0) is 37.4 Å². The topological polar surface area (TPSA) is 152 Å². The van der Waals surface area contributed by atoms with E-state index in [9.17, 15) is 24.3 Å². The Labute approximate surface area is 238 Å². The van der Waals surface area contributed by atoms with Gasteiger partial charge in [0.1, 0.15) is 12.1 Å². The van der Waals surface area contributed by atoms with Crippen LogP contribution in [-0.2, 0) is 19.2 Å². The Balaban J connectivity index is 1.70. The minimum absolute atomic E-state index is 0.0322. The first-order chi connectivity index (χ1) is 18.7. The number of carbonyl (C=O) groups excluding carboxylic acids is 3. The molecule has 4 N–H and O–H groups in total. The Bertz CT molecular complexity index is 1220. The average Bonchev–Trinajstić information content (AvgIpc) is 3.46. The Morgan fingerprint density at radius 1 is 1.15 bits per heavy atom. The number of likely N-dealkylation sites (N-methyl/N-ethyl adjacent to an activating group) is 1. The van der Waals surface area contributed by atoms with E-state index in [2.05, 4.69) is 15.6 Å². The van der Waals surface area contributed by atoms with Crippen molar-refractivity contribution in [2.75, 3.05) is 26.7 Å². The van der Waals surface area contributed by atoms with Crippen molar-refractivity contribution < 1.29 is 29.4 Å². The van der Waals surface area contributed by atoms with Crippen LogP contribution in [0.4, 0.5) is 0 Å². The van der Waals surface area contributed by atoms with Crippen LogP contribution in [0.15, 0.2) is 29.8 Å². The van der Waals surface area contributed by atoms with Crippen LogP contribution in [-0.4, -0.2) is 93.6 Å². The Morgan fingerprint density at radius 3 is 2.35 bits per heavy atom. The number of hydrogen-bond donors (Lipinski definition) is 4. The molecule has 0 bridgehead atoms. The van der Waals surface area contributed by atoms with Gasteiger partial charge in [-0.25, -0.2) is 4.98 Å². The van der Waals surface area contributed by atoms with E-state index in [1.807, 2.05) is 38.1 Å². The molecule has 0 aliphatic carbocycles. The molecule has 12 heteroatoms. The molecule has 218 valence electrons. The molecule has 40 heavy (non-hydrogen) atoms. The van der Waals surface area contributed by atoms with Gasteiger partial charge in [0, 0.05) is 13.0 Å². The second kappa shape index (κ2) is 12.9. The average molecular weight is 574 g/mol. The highest BCUT2D eigenvalue weighted by atomic mass is 32.1. The lowest BCUT2D eigenvalue weighted by molar-refractivity contribution is -0.144. The number of benzene rings is 1. The molecule has 1 aromatic heterocycles. The summed E-state index contributed by atoms with van der Waals surface area (Å²) >= 11 is 1.57. The van der Waals surface area contributed by atoms with Crippen LogP contribution in [0.2, 0.25) is 0 Å². The van der Waals surface area contributed by atoms with Crippen molar-refractivity contribution >= 4 is 35.0 Å². The number of aliphatic carboxylic acids is 1. The van der Waals surface area contributed by atoms with Crippen LogP contribution >= 0.6 is 11.3 Å². The number of rotatable bonds is 10. The van der Waals surface area contributed by atoms with Crippen molar-refractivity contribution in [3.63, 3.8) is 0 Å². The number of carboxylic acid groups (broad SMARTS) is 1. The number of aryl methyl sites for hydroxylation is 1. The van der Waals surface area contributed by atoms with Gasteiger partial charge in [0.25, 0.3) is 0 Å². The fourth-order valence-corrected chi connectivity index (χ4v) is 5.57. The number of amides is 3. The number of carbonyl (C=O) groups is 4. The van der Waals surface area contributed by atoms with Gasteiger partial charge in [0.05, 0.1) is 41.3 Å². The molecule has 1 saturated heterocycles. The van der Waals surface area contributed by atoms with Gasteiger partial charge in [-0.15, -0.1) is 11.3 Å². The summed E-state index contributed by atoms with van der Waals surface area (Å²) in [7, 11) is 1.49. The van der Waals surface area contributed by atoms with E-state index in [4.69, 9.17) is 5.11 Å². The van der Waals surface area contributed by atoms with Crippen molar-refractivity contribution in [1.29, 1.82) is 0 Å². The maximum atomic E-state index is 13.7. The number of nitrogens with zero attached hydrogens (tertiary/aromatic N) is 3. The molecule has 0 saturated carbocycles. The number of aliphatic hydroxyl groups excluding tert-OH is 1. The Hall–Kier alpha value is -3.35. The number of likely N-dealkylation sites (tertiary alicyclic amines) is 1. The fourth-order valence-electron chi connectivity index (χ4n) is 4.75. The van der Waals surface area contributed by atoms with Gasteiger partial charge in [-0.1, -0.05) is 45.0 Å². The molecule has 1 fully saturated rings. The molecule has 1 aromatic carbocycles. The van der Waals surface area contributed by atoms with Crippen molar-refractivity contribution in [1.82, 2.24) is 25.4 Å². The monoisotopic (exact) mass is 573 g/mol. The minimum Gasteiger partial charge on any atom is -0.480 e. The molecule has 0 radical (unpaired) electrons. The molecule has 1 aliphatic heterocycles. The van der Waals surface area contributed by atoms with Crippen molar-refractivity contribution in [2.45, 2.75) is 65.3 Å². The maximum Gasteiger partial charge on any atom is 0.317 e. The lowest BCUT2D eigenvalue weighted by Crippen LogP contribution is -2.58. The second-order valence-electron chi connectivity index (χ2n) is 11.4. The molecule has 3 amide bonds. The van der Waals surface area contributed by atoms with Crippen LogP contribution in [0.5, 0.6) is 0 Å². The van der Waals surface area contributed by atoms with Crippen LogP contribution in [0.25, 0.3) is 10.4 Å². The molecule has 3 rings (SSSR count). The van der Waals surface area contributed by atoms with Crippen molar-refractivity contribution in [2.24, 2.45) is 5.41 Å². The van der Waals surface area contributed by atoms with Gasteiger partial charge in [-0.3, -0.25) is 24.1 Å². The summed E-state index contributed by atoms with van der Waals surface area (Å²) < 4.78 is 0. The highest BCUT2D eigenvalue weighted by Gasteiger charge is 2.44. The lowest BCUT2D eigenvalue weighted by atomic mass is 9.85. The Kier molecular flexibility index (Phi) is 10.0. The quantitative estimate of drug-likeness (QED) is 0.336. The smallest absolute Gasteiger partial charge is 0.317 e. The summed E-state index contributed by atoms with van der Waals surface area (Å²) in [5.41, 5.74) is 3.99. The third-order valence-electron chi connectivity index (χ3n) is 6.88. The molecule has 11 nitrogen and oxygen atoms in total. The molecule has 1 aliphatic rings. The first-order valence-corrected chi connectivity index (χ1v) is 14.0. The zero-order valence-electron chi connectivity index (χ0n) is 23.8. The molecule has 4 atom stereocenters. The largest absolute Gasteiger partial charge is 0.480 e. The molecule has 2 unspecified atom stereocenters. The van der Waals surface area contributed by atoms with E-state index in [1.54, 1.807) is 37.6 Å².